The van der Waals surface area contributed by atoms with Crippen molar-refractivity contribution in [2.24, 2.45) is 0 Å². The molecule has 3 rings (SSSR count). The topological polar surface area (TPSA) is 69.2 Å². The average molecular weight is 376 g/mol. The van der Waals surface area contributed by atoms with E-state index in [2.05, 4.69) is 14.2 Å². The molecule has 0 saturated heterocycles. The van der Waals surface area contributed by atoms with Crippen LogP contribution in [0.2, 0.25) is 0 Å². The van der Waals surface area contributed by atoms with Crippen molar-refractivity contribution in [2.45, 2.75) is 17.7 Å². The first kappa shape index (κ1) is 17.0. The van der Waals surface area contributed by atoms with Gasteiger partial charge in [0.05, 0.1) is 5.69 Å². The van der Waals surface area contributed by atoms with Crippen molar-refractivity contribution in [3.8, 4) is 17.3 Å². The van der Waals surface area contributed by atoms with Gasteiger partial charge in [-0.2, -0.15) is 38.3 Å². The number of hydrogen-bond donors (Lipinski definition) is 0. The van der Waals surface area contributed by atoms with E-state index in [1.54, 1.807) is 42.1 Å². The number of nitrogens with zero attached hydrogens (tertiary/aromatic N) is 2. The molecule has 0 unspecified atom stereocenters. The predicted octanol–water partition coefficient (Wildman–Crippen LogP) is 3.16. The smallest absolute Gasteiger partial charge is 0.355 e. The summed E-state index contributed by atoms with van der Waals surface area (Å²) < 4.78 is 64.8. The molecular formula is C14H11F3N2O3S2. The van der Waals surface area contributed by atoms with Crippen LogP contribution >= 0.6 is 11.8 Å². The van der Waals surface area contributed by atoms with Gasteiger partial charge in [0.25, 0.3) is 0 Å². The number of rotatable bonds is 3. The minimum Gasteiger partial charge on any atom is -0.355 e. The highest BCUT2D eigenvalue weighted by Gasteiger charge is 2.49. The van der Waals surface area contributed by atoms with Crippen molar-refractivity contribution in [1.82, 2.24) is 9.97 Å². The van der Waals surface area contributed by atoms with Crippen LogP contribution in [0.5, 0.6) is 5.88 Å². The van der Waals surface area contributed by atoms with E-state index in [1.165, 1.54) is 0 Å². The second-order valence-corrected chi connectivity index (χ2v) is 7.57. The third-order valence-corrected chi connectivity index (χ3v) is 5.21. The third-order valence-electron chi connectivity index (χ3n) is 3.29. The fourth-order valence-electron chi connectivity index (χ4n) is 2.16. The van der Waals surface area contributed by atoms with Gasteiger partial charge in [-0.1, -0.05) is 30.3 Å². The molecule has 0 aliphatic carbocycles. The standard InChI is InChI=1S/C14H11F3N2O3S2/c15-14(16,17)24(20,21)22-13-10-6-7-23-8-11(10)18-12(19-13)9-4-2-1-3-5-9/h1-5H,6-8H2. The predicted molar refractivity (Wildman–Crippen MR) is 82.9 cm³/mol. The molecule has 24 heavy (non-hydrogen) atoms. The summed E-state index contributed by atoms with van der Waals surface area (Å²) >= 11 is 1.56. The van der Waals surface area contributed by atoms with Gasteiger partial charge in [-0.3, -0.25) is 0 Å². The Labute approximate surface area is 140 Å². The maximum atomic E-state index is 12.6. The second kappa shape index (κ2) is 6.25. The number of halogens is 3. The van der Waals surface area contributed by atoms with Gasteiger partial charge >= 0.3 is 15.6 Å². The van der Waals surface area contributed by atoms with E-state index in [1.807, 2.05) is 0 Å². The second-order valence-electron chi connectivity index (χ2n) is 4.93. The summed E-state index contributed by atoms with van der Waals surface area (Å²) in [6, 6.07) is 8.57. The number of hydrogen-bond acceptors (Lipinski definition) is 6. The summed E-state index contributed by atoms with van der Waals surface area (Å²) in [5.74, 6) is 0.671. The van der Waals surface area contributed by atoms with E-state index in [-0.39, 0.29) is 5.82 Å². The zero-order valence-corrected chi connectivity index (χ0v) is 13.7. The molecule has 0 atom stereocenters. The lowest BCUT2D eigenvalue weighted by molar-refractivity contribution is -0.0501. The number of thioether (sulfide) groups is 1. The summed E-state index contributed by atoms with van der Waals surface area (Å²) in [5.41, 5.74) is -4.15. The van der Waals surface area contributed by atoms with Crippen LogP contribution in [-0.2, 0) is 22.3 Å². The van der Waals surface area contributed by atoms with Crippen molar-refractivity contribution in [3.05, 3.63) is 41.6 Å². The molecule has 5 nitrogen and oxygen atoms in total. The lowest BCUT2D eigenvalue weighted by Gasteiger charge is -2.19. The molecule has 0 saturated carbocycles. The summed E-state index contributed by atoms with van der Waals surface area (Å²) in [6.07, 6.45) is 0.345. The summed E-state index contributed by atoms with van der Waals surface area (Å²) in [6.45, 7) is 0. The van der Waals surface area contributed by atoms with Crippen LogP contribution in [0.15, 0.2) is 30.3 Å². The average Bonchev–Trinajstić information content (AvgIpc) is 2.54. The van der Waals surface area contributed by atoms with Gasteiger partial charge in [-0.15, -0.1) is 0 Å². The van der Waals surface area contributed by atoms with Crippen molar-refractivity contribution in [1.29, 1.82) is 0 Å². The molecule has 1 aromatic carbocycles. The van der Waals surface area contributed by atoms with Crippen LogP contribution in [-0.4, -0.2) is 29.6 Å². The Morgan fingerprint density at radius 3 is 2.50 bits per heavy atom. The lowest BCUT2D eigenvalue weighted by Crippen LogP contribution is -2.29. The van der Waals surface area contributed by atoms with E-state index in [9.17, 15) is 21.6 Å². The van der Waals surface area contributed by atoms with Gasteiger partial charge in [-0.05, 0) is 12.2 Å². The summed E-state index contributed by atoms with van der Waals surface area (Å²) in [7, 11) is -5.78. The fourth-order valence-corrected chi connectivity index (χ4v) is 3.52. The Kier molecular flexibility index (Phi) is 4.43. The third kappa shape index (κ3) is 3.34. The largest absolute Gasteiger partial charge is 0.534 e. The fraction of sp³-hybridized carbons (Fsp3) is 0.286. The minimum atomic E-state index is -5.78. The van der Waals surface area contributed by atoms with Crippen LogP contribution in [0.3, 0.4) is 0 Å². The molecule has 2 heterocycles. The Bertz CT molecular complexity index is 856. The van der Waals surface area contributed by atoms with E-state index >= 15 is 0 Å². The summed E-state index contributed by atoms with van der Waals surface area (Å²) in [4.78, 5) is 8.28. The minimum absolute atomic E-state index is 0.129. The van der Waals surface area contributed by atoms with E-state index < -0.39 is 21.5 Å². The Balaban J connectivity index is 2.11. The van der Waals surface area contributed by atoms with E-state index in [0.29, 0.717) is 34.7 Å². The molecule has 10 heteroatoms. The van der Waals surface area contributed by atoms with Crippen LogP contribution in [0.4, 0.5) is 13.2 Å². The van der Waals surface area contributed by atoms with Crippen molar-refractivity contribution >= 4 is 21.9 Å². The lowest BCUT2D eigenvalue weighted by atomic mass is 10.1. The highest BCUT2D eigenvalue weighted by Crippen LogP contribution is 2.34. The summed E-state index contributed by atoms with van der Waals surface area (Å²) in [5, 5.41) is 0. The van der Waals surface area contributed by atoms with Crippen molar-refractivity contribution in [2.75, 3.05) is 5.75 Å². The van der Waals surface area contributed by atoms with Gasteiger partial charge < -0.3 is 4.18 Å². The maximum absolute atomic E-state index is 12.6. The highest BCUT2D eigenvalue weighted by molar-refractivity contribution is 7.98. The van der Waals surface area contributed by atoms with Crippen molar-refractivity contribution in [3.63, 3.8) is 0 Å². The Morgan fingerprint density at radius 1 is 1.12 bits per heavy atom. The first-order valence-corrected chi connectivity index (χ1v) is 9.38. The number of fused-ring (bicyclic) bond motifs is 1. The van der Waals surface area contributed by atoms with Crippen LogP contribution in [0.1, 0.15) is 11.3 Å². The SMILES string of the molecule is O=S(=O)(Oc1nc(-c2ccccc2)nc2c1CCSC2)C(F)(F)F. The zero-order chi connectivity index (χ0) is 17.4. The van der Waals surface area contributed by atoms with Gasteiger partial charge in [0.2, 0.25) is 5.88 Å². The first-order chi connectivity index (χ1) is 11.3. The van der Waals surface area contributed by atoms with Crippen LogP contribution in [0, 0.1) is 0 Å². The van der Waals surface area contributed by atoms with Gasteiger partial charge in [-0.25, -0.2) is 4.98 Å². The molecule has 0 fully saturated rings. The van der Waals surface area contributed by atoms with Crippen LogP contribution in [0.25, 0.3) is 11.4 Å². The molecule has 1 aliphatic rings. The molecule has 128 valence electrons. The van der Waals surface area contributed by atoms with Gasteiger partial charge in [0.1, 0.15) is 0 Å². The molecule has 0 N–H and O–H groups in total. The molecular weight excluding hydrogens is 365 g/mol. The van der Waals surface area contributed by atoms with Crippen molar-refractivity contribution < 1.29 is 25.8 Å². The maximum Gasteiger partial charge on any atom is 0.534 e. The Morgan fingerprint density at radius 2 is 1.83 bits per heavy atom. The van der Waals surface area contributed by atoms with E-state index in [0.717, 1.165) is 0 Å². The van der Waals surface area contributed by atoms with Crippen LogP contribution < -0.4 is 4.18 Å². The van der Waals surface area contributed by atoms with Gasteiger partial charge in [0, 0.05) is 16.9 Å². The quantitative estimate of drug-likeness (QED) is 0.605. The molecule has 0 amide bonds. The number of aromatic nitrogens is 2. The molecule has 1 aromatic heterocycles. The highest BCUT2D eigenvalue weighted by atomic mass is 32.2. The monoisotopic (exact) mass is 376 g/mol. The first-order valence-electron chi connectivity index (χ1n) is 6.81. The molecule has 0 spiro atoms. The molecule has 1 aliphatic heterocycles. The van der Waals surface area contributed by atoms with Gasteiger partial charge in [0.15, 0.2) is 5.82 Å². The normalized spacial score (nSPS) is 15.0. The number of benzene rings is 1. The Hall–Kier alpha value is -1.81. The zero-order valence-electron chi connectivity index (χ0n) is 12.1. The molecule has 0 bridgehead atoms. The number of alkyl halides is 3. The molecule has 0 radical (unpaired) electrons. The van der Waals surface area contributed by atoms with E-state index in [4.69, 9.17) is 0 Å². The molecule has 2 aromatic rings.